The molecule has 0 aromatic heterocycles. The molecule has 9 heavy (non-hydrogen) atoms. The summed E-state index contributed by atoms with van der Waals surface area (Å²) in [5.74, 6) is -0.763. The van der Waals surface area contributed by atoms with Gasteiger partial charge in [0.1, 0.15) is 0 Å². The largest absolute Gasteiger partial charge is 0.481 e. The van der Waals surface area contributed by atoms with Gasteiger partial charge in [-0.2, -0.15) is 0 Å². The standard InChI is InChI=1S/C6H11NO2/c1-6(5(8)9)3-2-4(6)7/h4H,2-3,7H2,1H3,(H,8,9)/t4-,6+/m1/s1. The Morgan fingerprint density at radius 3 is 2.44 bits per heavy atom. The number of carboxylic acids is 1. The third-order valence-electron chi connectivity index (χ3n) is 2.28. The predicted octanol–water partition coefficient (Wildman–Crippen LogP) is 0.198. The van der Waals surface area contributed by atoms with Gasteiger partial charge in [-0.05, 0) is 19.8 Å². The first-order valence-corrected chi connectivity index (χ1v) is 3.06. The first-order chi connectivity index (χ1) is 4.07. The molecule has 1 aliphatic carbocycles. The number of carbonyl (C=O) groups is 1. The van der Waals surface area contributed by atoms with E-state index in [2.05, 4.69) is 0 Å². The summed E-state index contributed by atoms with van der Waals surface area (Å²) in [4.78, 5) is 10.4. The average Bonchev–Trinajstić information content (AvgIpc) is 1.82. The second kappa shape index (κ2) is 1.70. The van der Waals surface area contributed by atoms with E-state index < -0.39 is 11.4 Å². The van der Waals surface area contributed by atoms with Gasteiger partial charge in [0.15, 0.2) is 0 Å². The molecule has 3 nitrogen and oxygen atoms in total. The fraction of sp³-hybridized carbons (Fsp3) is 0.833. The van der Waals surface area contributed by atoms with Crippen LogP contribution in [0.5, 0.6) is 0 Å². The molecule has 1 aliphatic rings. The van der Waals surface area contributed by atoms with E-state index in [-0.39, 0.29) is 6.04 Å². The molecule has 3 N–H and O–H groups in total. The summed E-state index contributed by atoms with van der Waals surface area (Å²) in [6.07, 6.45) is 1.58. The smallest absolute Gasteiger partial charge is 0.310 e. The van der Waals surface area contributed by atoms with Crippen molar-refractivity contribution in [2.75, 3.05) is 0 Å². The lowest BCUT2D eigenvalue weighted by atomic mass is 9.66. The Kier molecular flexibility index (Phi) is 1.24. The summed E-state index contributed by atoms with van der Waals surface area (Å²) < 4.78 is 0. The zero-order valence-corrected chi connectivity index (χ0v) is 5.42. The highest BCUT2D eigenvalue weighted by molar-refractivity contribution is 5.76. The maximum absolute atomic E-state index is 10.4. The normalized spacial score (nSPS) is 41.8. The third-order valence-corrected chi connectivity index (χ3v) is 2.28. The van der Waals surface area contributed by atoms with E-state index >= 15 is 0 Å². The Morgan fingerprint density at radius 2 is 2.44 bits per heavy atom. The van der Waals surface area contributed by atoms with Crippen molar-refractivity contribution >= 4 is 5.97 Å². The molecule has 0 aliphatic heterocycles. The van der Waals surface area contributed by atoms with Gasteiger partial charge in [-0.25, -0.2) is 0 Å². The van der Waals surface area contributed by atoms with Gasteiger partial charge in [-0.1, -0.05) is 0 Å². The van der Waals surface area contributed by atoms with Gasteiger partial charge in [-0.3, -0.25) is 4.79 Å². The molecule has 1 saturated carbocycles. The minimum absolute atomic E-state index is 0.130. The Hall–Kier alpha value is -0.570. The topological polar surface area (TPSA) is 63.3 Å². The molecule has 0 aromatic rings. The molecule has 0 spiro atoms. The molecule has 0 heterocycles. The van der Waals surface area contributed by atoms with Gasteiger partial charge in [-0.15, -0.1) is 0 Å². The third kappa shape index (κ3) is 0.721. The fourth-order valence-corrected chi connectivity index (χ4v) is 1.01. The van der Waals surface area contributed by atoms with E-state index in [4.69, 9.17) is 10.8 Å². The Labute approximate surface area is 53.9 Å². The Balaban J connectivity index is 2.64. The van der Waals surface area contributed by atoms with E-state index in [1.807, 2.05) is 0 Å². The van der Waals surface area contributed by atoms with E-state index in [9.17, 15) is 4.79 Å². The molecule has 2 atom stereocenters. The summed E-state index contributed by atoms with van der Waals surface area (Å²) >= 11 is 0. The first-order valence-electron chi connectivity index (χ1n) is 3.06. The van der Waals surface area contributed by atoms with Crippen LogP contribution in [-0.2, 0) is 4.79 Å². The lowest BCUT2D eigenvalue weighted by Gasteiger charge is -2.40. The first kappa shape index (κ1) is 6.55. The molecular formula is C6H11NO2. The van der Waals surface area contributed by atoms with E-state index in [1.165, 1.54) is 0 Å². The van der Waals surface area contributed by atoms with Crippen molar-refractivity contribution in [2.45, 2.75) is 25.8 Å². The molecule has 0 saturated heterocycles. The zero-order valence-electron chi connectivity index (χ0n) is 5.42. The lowest BCUT2D eigenvalue weighted by Crippen LogP contribution is -2.53. The molecule has 0 amide bonds. The monoisotopic (exact) mass is 129 g/mol. The minimum atomic E-state index is -0.763. The van der Waals surface area contributed by atoms with Crippen LogP contribution >= 0.6 is 0 Å². The minimum Gasteiger partial charge on any atom is -0.481 e. The number of hydrogen-bond acceptors (Lipinski definition) is 2. The lowest BCUT2D eigenvalue weighted by molar-refractivity contribution is -0.154. The van der Waals surface area contributed by atoms with Crippen molar-refractivity contribution in [3.63, 3.8) is 0 Å². The molecule has 1 fully saturated rings. The second-order valence-corrected chi connectivity index (χ2v) is 2.87. The number of nitrogens with two attached hydrogens (primary N) is 1. The highest BCUT2D eigenvalue weighted by Crippen LogP contribution is 2.39. The number of rotatable bonds is 1. The molecule has 0 aromatic carbocycles. The van der Waals surface area contributed by atoms with Crippen LogP contribution < -0.4 is 5.73 Å². The van der Waals surface area contributed by atoms with E-state index in [0.717, 1.165) is 12.8 Å². The highest BCUT2D eigenvalue weighted by atomic mass is 16.4. The second-order valence-electron chi connectivity index (χ2n) is 2.87. The van der Waals surface area contributed by atoms with Gasteiger partial charge in [0, 0.05) is 6.04 Å². The number of carboxylic acid groups (broad SMARTS) is 1. The predicted molar refractivity (Wildman–Crippen MR) is 33.0 cm³/mol. The van der Waals surface area contributed by atoms with Crippen LogP contribution in [0.3, 0.4) is 0 Å². The number of hydrogen-bond donors (Lipinski definition) is 2. The van der Waals surface area contributed by atoms with Gasteiger partial charge >= 0.3 is 5.97 Å². The summed E-state index contributed by atoms with van der Waals surface area (Å²) in [6, 6.07) is -0.130. The molecule has 3 heteroatoms. The van der Waals surface area contributed by atoms with Crippen LogP contribution in [0.2, 0.25) is 0 Å². The van der Waals surface area contributed by atoms with Crippen LogP contribution in [0.1, 0.15) is 19.8 Å². The molecular weight excluding hydrogens is 118 g/mol. The van der Waals surface area contributed by atoms with Crippen molar-refractivity contribution < 1.29 is 9.90 Å². The summed E-state index contributed by atoms with van der Waals surface area (Å²) in [7, 11) is 0. The summed E-state index contributed by atoms with van der Waals surface area (Å²) in [5, 5.41) is 8.58. The molecule has 0 radical (unpaired) electrons. The van der Waals surface area contributed by atoms with Crippen molar-refractivity contribution in [3.8, 4) is 0 Å². The van der Waals surface area contributed by atoms with Crippen molar-refractivity contribution in [1.82, 2.24) is 0 Å². The maximum Gasteiger partial charge on any atom is 0.310 e. The van der Waals surface area contributed by atoms with Crippen LogP contribution in [0.4, 0.5) is 0 Å². The van der Waals surface area contributed by atoms with Crippen molar-refractivity contribution in [2.24, 2.45) is 11.1 Å². The van der Waals surface area contributed by atoms with Gasteiger partial charge < -0.3 is 10.8 Å². The Morgan fingerprint density at radius 1 is 1.89 bits per heavy atom. The molecule has 1 rings (SSSR count). The average molecular weight is 129 g/mol. The van der Waals surface area contributed by atoms with Gasteiger partial charge in [0.25, 0.3) is 0 Å². The van der Waals surface area contributed by atoms with E-state index in [0.29, 0.717) is 0 Å². The molecule has 52 valence electrons. The highest BCUT2D eigenvalue weighted by Gasteiger charge is 2.46. The van der Waals surface area contributed by atoms with Gasteiger partial charge in [0.05, 0.1) is 5.41 Å². The van der Waals surface area contributed by atoms with Crippen molar-refractivity contribution in [1.29, 1.82) is 0 Å². The van der Waals surface area contributed by atoms with Crippen LogP contribution in [0, 0.1) is 5.41 Å². The van der Waals surface area contributed by atoms with Crippen LogP contribution in [-0.4, -0.2) is 17.1 Å². The Bertz CT molecular complexity index is 146. The van der Waals surface area contributed by atoms with Crippen LogP contribution in [0.25, 0.3) is 0 Å². The maximum atomic E-state index is 10.4. The van der Waals surface area contributed by atoms with Gasteiger partial charge in [0.2, 0.25) is 0 Å². The molecule has 0 bridgehead atoms. The summed E-state index contributed by atoms with van der Waals surface area (Å²) in [5.41, 5.74) is 4.85. The quantitative estimate of drug-likeness (QED) is 0.531. The SMILES string of the molecule is C[C@]1(C(=O)O)CC[C@H]1N. The number of aliphatic carboxylic acids is 1. The summed E-state index contributed by atoms with van der Waals surface area (Å²) in [6.45, 7) is 1.70. The van der Waals surface area contributed by atoms with E-state index in [1.54, 1.807) is 6.92 Å². The molecule has 0 unspecified atom stereocenters. The zero-order chi connectivity index (χ0) is 7.07. The van der Waals surface area contributed by atoms with Crippen LogP contribution in [0.15, 0.2) is 0 Å². The fourth-order valence-electron chi connectivity index (χ4n) is 1.01. The van der Waals surface area contributed by atoms with Crippen molar-refractivity contribution in [3.05, 3.63) is 0 Å².